The van der Waals surface area contributed by atoms with Crippen LogP contribution < -0.4 is 5.73 Å². The first-order chi connectivity index (χ1) is 8.47. The molecule has 0 saturated carbocycles. The normalized spacial score (nSPS) is 16.9. The minimum atomic E-state index is -3.74. The number of esters is 1. The number of allylic oxidation sites excluding steroid dienone is 2. The van der Waals surface area contributed by atoms with Crippen LogP contribution in [0, 0.1) is 0 Å². The molecule has 1 aromatic rings. The van der Waals surface area contributed by atoms with Gasteiger partial charge in [0.1, 0.15) is 0 Å². The van der Waals surface area contributed by atoms with Gasteiger partial charge in [0.05, 0.1) is 7.11 Å². The highest BCUT2D eigenvalue weighted by atomic mass is 32.2. The molecule has 6 heteroatoms. The summed E-state index contributed by atoms with van der Waals surface area (Å²) >= 11 is 0. The first-order valence-corrected chi connectivity index (χ1v) is 6.62. The molecule has 1 aliphatic rings. The van der Waals surface area contributed by atoms with E-state index in [0.29, 0.717) is 11.3 Å². The van der Waals surface area contributed by atoms with E-state index in [1.807, 2.05) is 0 Å². The monoisotopic (exact) mass is 265 g/mol. The second kappa shape index (κ2) is 4.30. The molecule has 2 N–H and O–H groups in total. The number of rotatable bonds is 2. The Labute approximate surface area is 104 Å². The lowest BCUT2D eigenvalue weighted by Gasteiger charge is -2.07. The fourth-order valence-corrected chi connectivity index (χ4v) is 2.98. The molecule has 0 aliphatic carbocycles. The smallest absolute Gasteiger partial charge is 0.350 e. The zero-order valence-corrected chi connectivity index (χ0v) is 10.4. The summed E-state index contributed by atoms with van der Waals surface area (Å²) in [7, 11) is -2.61. The van der Waals surface area contributed by atoms with Gasteiger partial charge < -0.3 is 10.5 Å². The molecule has 1 aliphatic heterocycles. The number of methoxy groups -OCH3 is 1. The molecule has 5 nitrogen and oxygen atoms in total. The zero-order chi connectivity index (χ0) is 13.3. The van der Waals surface area contributed by atoms with Gasteiger partial charge in [-0.3, -0.25) is 0 Å². The van der Waals surface area contributed by atoms with E-state index in [-0.39, 0.29) is 10.5 Å². The van der Waals surface area contributed by atoms with E-state index in [1.165, 1.54) is 6.08 Å². The Morgan fingerprint density at radius 2 is 1.94 bits per heavy atom. The number of para-hydroxylation sites is 1. The number of benzene rings is 1. The van der Waals surface area contributed by atoms with Crippen molar-refractivity contribution in [2.75, 3.05) is 12.8 Å². The number of hydrogen-bond acceptors (Lipinski definition) is 5. The number of nitrogens with two attached hydrogens (primary N) is 1. The first kappa shape index (κ1) is 12.4. The van der Waals surface area contributed by atoms with E-state index in [9.17, 15) is 13.2 Å². The van der Waals surface area contributed by atoms with Crippen LogP contribution in [0.25, 0.3) is 5.57 Å². The number of nitrogen functional groups attached to an aromatic ring is 1. The number of sulfone groups is 1. The second-order valence-electron chi connectivity index (χ2n) is 3.67. The number of anilines is 1. The van der Waals surface area contributed by atoms with E-state index in [2.05, 4.69) is 4.74 Å². The molecule has 18 heavy (non-hydrogen) atoms. The van der Waals surface area contributed by atoms with Crippen molar-refractivity contribution < 1.29 is 17.9 Å². The topological polar surface area (TPSA) is 86.5 Å². The van der Waals surface area contributed by atoms with E-state index < -0.39 is 15.8 Å². The Kier molecular flexibility index (Phi) is 2.96. The molecule has 2 rings (SSSR count). The Balaban J connectivity index is 2.71. The molecule has 0 aromatic heterocycles. The van der Waals surface area contributed by atoms with Gasteiger partial charge in [-0.05, 0) is 12.1 Å². The van der Waals surface area contributed by atoms with Crippen molar-refractivity contribution in [1.29, 1.82) is 0 Å². The Bertz CT molecular complexity index is 671. The lowest BCUT2D eigenvalue weighted by molar-refractivity contribution is -0.135. The van der Waals surface area contributed by atoms with Crippen molar-refractivity contribution in [3.05, 3.63) is 46.2 Å². The van der Waals surface area contributed by atoms with Crippen molar-refractivity contribution in [1.82, 2.24) is 0 Å². The highest BCUT2D eigenvalue weighted by molar-refractivity contribution is 7.99. The summed E-state index contributed by atoms with van der Waals surface area (Å²) in [6.45, 7) is 0. The van der Waals surface area contributed by atoms with Gasteiger partial charge in [0.15, 0.2) is 4.91 Å². The van der Waals surface area contributed by atoms with Crippen molar-refractivity contribution in [3.8, 4) is 0 Å². The van der Waals surface area contributed by atoms with Gasteiger partial charge in [0.25, 0.3) is 0 Å². The standard InChI is InChI=1S/C12H11NO4S/c1-17-12(14)11-9(6-7-18(11,15)16)8-4-2-3-5-10(8)13/h2-7H,13H2,1H3. The molecule has 0 saturated heterocycles. The zero-order valence-electron chi connectivity index (χ0n) is 9.58. The van der Waals surface area contributed by atoms with Gasteiger partial charge >= 0.3 is 5.97 Å². The predicted molar refractivity (Wildman–Crippen MR) is 67.9 cm³/mol. The Morgan fingerprint density at radius 3 is 2.56 bits per heavy atom. The molecular formula is C12H11NO4S. The lowest BCUT2D eigenvalue weighted by atomic mass is 10.0. The molecule has 1 heterocycles. The van der Waals surface area contributed by atoms with Crippen molar-refractivity contribution in [3.63, 3.8) is 0 Å². The van der Waals surface area contributed by atoms with Crippen molar-refractivity contribution >= 4 is 27.1 Å². The quantitative estimate of drug-likeness (QED) is 0.639. The summed E-state index contributed by atoms with van der Waals surface area (Å²) in [4.78, 5) is 11.2. The number of ether oxygens (including phenoxy) is 1. The van der Waals surface area contributed by atoms with E-state index >= 15 is 0 Å². The molecule has 0 radical (unpaired) electrons. The van der Waals surface area contributed by atoms with Crippen LogP contribution in [-0.2, 0) is 19.4 Å². The average molecular weight is 265 g/mol. The van der Waals surface area contributed by atoms with E-state index in [0.717, 1.165) is 12.5 Å². The summed E-state index contributed by atoms with van der Waals surface area (Å²) < 4.78 is 28.0. The molecule has 1 aromatic carbocycles. The fraction of sp³-hybridized carbons (Fsp3) is 0.0833. The van der Waals surface area contributed by atoms with Crippen LogP contribution in [-0.4, -0.2) is 21.5 Å². The molecule has 0 unspecified atom stereocenters. The third-order valence-corrected chi connectivity index (χ3v) is 4.01. The average Bonchev–Trinajstić information content (AvgIpc) is 2.65. The third-order valence-electron chi connectivity index (χ3n) is 2.56. The molecule has 0 spiro atoms. The van der Waals surface area contributed by atoms with Crippen LogP contribution in [0.4, 0.5) is 5.69 Å². The Morgan fingerprint density at radius 1 is 1.28 bits per heavy atom. The largest absolute Gasteiger partial charge is 0.465 e. The number of hydrogen-bond donors (Lipinski definition) is 1. The highest BCUT2D eigenvalue weighted by Crippen LogP contribution is 2.34. The summed E-state index contributed by atoms with van der Waals surface area (Å²) in [5, 5.41) is 0.973. The van der Waals surface area contributed by atoms with E-state index in [1.54, 1.807) is 24.3 Å². The Hall–Kier alpha value is -2.08. The SMILES string of the molecule is COC(=O)C1=C(c2ccccc2N)C=CS1(=O)=O. The molecule has 94 valence electrons. The molecule has 0 fully saturated rings. The molecule has 0 bridgehead atoms. The van der Waals surface area contributed by atoms with Gasteiger partial charge in [-0.15, -0.1) is 0 Å². The van der Waals surface area contributed by atoms with Gasteiger partial charge in [0, 0.05) is 22.2 Å². The number of carbonyl (C=O) groups excluding carboxylic acids is 1. The molecule has 0 atom stereocenters. The lowest BCUT2D eigenvalue weighted by Crippen LogP contribution is -2.12. The number of carbonyl (C=O) groups is 1. The highest BCUT2D eigenvalue weighted by Gasteiger charge is 2.32. The van der Waals surface area contributed by atoms with Crippen LogP contribution in [0.2, 0.25) is 0 Å². The van der Waals surface area contributed by atoms with Gasteiger partial charge in [-0.2, -0.15) is 0 Å². The minimum Gasteiger partial charge on any atom is -0.465 e. The van der Waals surface area contributed by atoms with Crippen LogP contribution in [0.15, 0.2) is 40.7 Å². The third kappa shape index (κ3) is 1.91. The maximum atomic E-state index is 11.8. The molecular weight excluding hydrogens is 254 g/mol. The minimum absolute atomic E-state index is 0.264. The van der Waals surface area contributed by atoms with Crippen molar-refractivity contribution in [2.24, 2.45) is 0 Å². The summed E-state index contributed by atoms with van der Waals surface area (Å²) in [5.41, 5.74) is 6.94. The van der Waals surface area contributed by atoms with Crippen LogP contribution in [0.3, 0.4) is 0 Å². The van der Waals surface area contributed by atoms with Crippen LogP contribution in [0.1, 0.15) is 5.56 Å². The summed E-state index contributed by atoms with van der Waals surface area (Å²) in [6.07, 6.45) is 1.35. The maximum Gasteiger partial charge on any atom is 0.350 e. The molecule has 0 amide bonds. The van der Waals surface area contributed by atoms with E-state index in [4.69, 9.17) is 5.73 Å². The first-order valence-electron chi connectivity index (χ1n) is 5.08. The maximum absolute atomic E-state index is 11.8. The van der Waals surface area contributed by atoms with Crippen LogP contribution >= 0.6 is 0 Å². The second-order valence-corrected chi connectivity index (χ2v) is 5.44. The summed E-state index contributed by atoms with van der Waals surface area (Å²) in [5.74, 6) is -0.891. The van der Waals surface area contributed by atoms with Crippen molar-refractivity contribution in [2.45, 2.75) is 0 Å². The van der Waals surface area contributed by atoms with Gasteiger partial charge in [-0.25, -0.2) is 13.2 Å². The fourth-order valence-electron chi connectivity index (χ4n) is 1.73. The predicted octanol–water partition coefficient (Wildman–Crippen LogP) is 1.09. The summed E-state index contributed by atoms with van der Waals surface area (Å²) in [6, 6.07) is 6.73. The van der Waals surface area contributed by atoms with Gasteiger partial charge in [0.2, 0.25) is 9.84 Å². The van der Waals surface area contributed by atoms with Gasteiger partial charge in [-0.1, -0.05) is 18.2 Å². The van der Waals surface area contributed by atoms with Crippen LogP contribution in [0.5, 0.6) is 0 Å².